The van der Waals surface area contributed by atoms with Gasteiger partial charge in [-0.05, 0) is 61.7 Å². The van der Waals surface area contributed by atoms with Crippen LogP contribution in [0.5, 0.6) is 0 Å². The zero-order valence-corrected chi connectivity index (χ0v) is 22.9. The molecule has 2 N–H and O–H groups in total. The van der Waals surface area contributed by atoms with Gasteiger partial charge in [-0.3, -0.25) is 14.9 Å². The normalized spacial score (nSPS) is 14.4. The van der Waals surface area contributed by atoms with Crippen LogP contribution in [0, 0.1) is 10.1 Å². The van der Waals surface area contributed by atoms with Crippen molar-refractivity contribution in [3.63, 3.8) is 0 Å². The van der Waals surface area contributed by atoms with Crippen molar-refractivity contribution in [2.75, 3.05) is 29.9 Å². The number of sulfonamides is 1. The lowest BCUT2D eigenvalue weighted by molar-refractivity contribution is -0.384. The maximum atomic E-state index is 13.5. The minimum atomic E-state index is -4.16. The second-order valence-electron chi connectivity index (χ2n) is 9.30. The first-order valence-corrected chi connectivity index (χ1v) is 14.2. The van der Waals surface area contributed by atoms with Crippen LogP contribution in [0.15, 0.2) is 71.6 Å². The predicted molar refractivity (Wildman–Crippen MR) is 150 cm³/mol. The van der Waals surface area contributed by atoms with Crippen LogP contribution >= 0.6 is 11.6 Å². The molecule has 4 rings (SSSR count). The first-order chi connectivity index (χ1) is 18.6. The summed E-state index contributed by atoms with van der Waals surface area (Å²) in [7, 11) is -4.16. The van der Waals surface area contributed by atoms with Crippen LogP contribution in [0.2, 0.25) is 5.02 Å². The molecule has 3 aromatic rings. The maximum absolute atomic E-state index is 13.5. The molecule has 1 aliphatic rings. The van der Waals surface area contributed by atoms with Crippen LogP contribution in [-0.4, -0.2) is 54.4 Å². The van der Waals surface area contributed by atoms with Gasteiger partial charge in [0.15, 0.2) is 0 Å². The number of amides is 1. The molecule has 1 fully saturated rings. The molecule has 3 aromatic carbocycles. The second kappa shape index (κ2) is 12.1. The number of hydrogen-bond donors (Lipinski definition) is 2. The smallest absolute Gasteiger partial charge is 0.269 e. The summed E-state index contributed by atoms with van der Waals surface area (Å²) in [6.45, 7) is 2.81. The zero-order chi connectivity index (χ0) is 28.2. The van der Waals surface area contributed by atoms with Crippen molar-refractivity contribution < 1.29 is 23.2 Å². The molecule has 1 amide bonds. The number of aliphatic hydroxyl groups is 1. The van der Waals surface area contributed by atoms with Gasteiger partial charge in [-0.15, -0.1) is 0 Å². The topological polar surface area (TPSA) is 133 Å². The highest BCUT2D eigenvalue weighted by Crippen LogP contribution is 2.29. The predicted octanol–water partition coefficient (Wildman–Crippen LogP) is 4.67. The third kappa shape index (κ3) is 6.39. The van der Waals surface area contributed by atoms with Gasteiger partial charge in [0.05, 0.1) is 27.0 Å². The van der Waals surface area contributed by atoms with E-state index in [1.165, 1.54) is 0 Å². The molecule has 12 heteroatoms. The number of nitrogens with zero attached hydrogens (tertiary/aromatic N) is 3. The van der Waals surface area contributed by atoms with Gasteiger partial charge in [0, 0.05) is 49.2 Å². The summed E-state index contributed by atoms with van der Waals surface area (Å²) in [6.07, 6.45) is 2.23. The van der Waals surface area contributed by atoms with E-state index in [0.717, 1.165) is 60.2 Å². The molecule has 0 aliphatic carbocycles. The van der Waals surface area contributed by atoms with Crippen LogP contribution in [0.25, 0.3) is 0 Å². The van der Waals surface area contributed by atoms with Gasteiger partial charge in [-0.25, -0.2) is 8.42 Å². The number of anilines is 2. The van der Waals surface area contributed by atoms with Crippen molar-refractivity contribution in [1.82, 2.24) is 4.31 Å². The van der Waals surface area contributed by atoms with Crippen LogP contribution in [0.4, 0.5) is 17.1 Å². The fraction of sp³-hybridized carbons (Fsp3) is 0.296. The number of carbonyl (C=O) groups is 1. The molecule has 1 heterocycles. The molecule has 0 radical (unpaired) electrons. The zero-order valence-electron chi connectivity index (χ0n) is 21.3. The summed E-state index contributed by atoms with van der Waals surface area (Å²) in [5.74, 6) is -0.444. The van der Waals surface area contributed by atoms with E-state index in [2.05, 4.69) is 10.2 Å². The summed E-state index contributed by atoms with van der Waals surface area (Å²) in [4.78, 5) is 25.6. The first-order valence-electron chi connectivity index (χ1n) is 12.4. The lowest BCUT2D eigenvalue weighted by Gasteiger charge is -2.28. The van der Waals surface area contributed by atoms with E-state index in [-0.39, 0.29) is 22.7 Å². The molecule has 1 atom stereocenters. The number of benzene rings is 3. The highest BCUT2D eigenvalue weighted by atomic mass is 35.5. The quantitative estimate of drug-likeness (QED) is 0.266. The number of hydrogen-bond acceptors (Lipinski definition) is 7. The van der Waals surface area contributed by atoms with E-state index in [9.17, 15) is 28.4 Å². The fourth-order valence-electron chi connectivity index (χ4n) is 4.44. The van der Waals surface area contributed by atoms with E-state index in [0.29, 0.717) is 16.3 Å². The number of nitro groups is 1. The Bertz CT molecular complexity index is 1460. The largest absolute Gasteiger partial charge is 0.395 e. The van der Waals surface area contributed by atoms with Gasteiger partial charge in [-0.2, -0.15) is 4.31 Å². The standard InChI is InChI=1S/C27H29ClN4O6S/c1-19(18-33)31(39(37,38)23-11-8-21(9-12-23)32(35)36)17-20-6-2-3-7-26(20)29-27(34)24-13-10-22(16-25(24)28)30-14-4-5-15-30/h2-3,6-13,16,19,33H,4-5,14-15,17-18H2,1H3,(H,29,34). The Morgan fingerprint density at radius 2 is 1.79 bits per heavy atom. The molecule has 206 valence electrons. The number of halogens is 1. The fourth-order valence-corrected chi connectivity index (χ4v) is 6.30. The second-order valence-corrected chi connectivity index (χ2v) is 11.6. The molecule has 1 aliphatic heterocycles. The van der Waals surface area contributed by atoms with Crippen LogP contribution < -0.4 is 10.2 Å². The highest BCUT2D eigenvalue weighted by molar-refractivity contribution is 7.89. The third-order valence-corrected chi connectivity index (χ3v) is 8.96. The first kappa shape index (κ1) is 28.5. The molecular weight excluding hydrogens is 544 g/mol. The maximum Gasteiger partial charge on any atom is 0.269 e. The van der Waals surface area contributed by atoms with Gasteiger partial charge < -0.3 is 15.3 Å². The third-order valence-electron chi connectivity index (χ3n) is 6.67. The van der Waals surface area contributed by atoms with Gasteiger partial charge >= 0.3 is 0 Å². The molecule has 1 saturated heterocycles. The minimum absolute atomic E-state index is 0.153. The van der Waals surface area contributed by atoms with Crippen LogP contribution in [-0.2, 0) is 16.6 Å². The molecule has 0 aromatic heterocycles. The Kier molecular flexibility index (Phi) is 8.86. The number of aliphatic hydroxyl groups excluding tert-OH is 1. The Morgan fingerprint density at radius 3 is 2.41 bits per heavy atom. The summed E-state index contributed by atoms with van der Waals surface area (Å²) < 4.78 is 28.1. The number of nitrogens with one attached hydrogen (secondary N) is 1. The van der Waals surface area contributed by atoms with Crippen molar-refractivity contribution >= 4 is 44.6 Å². The Morgan fingerprint density at radius 1 is 1.13 bits per heavy atom. The lowest BCUT2D eigenvalue weighted by Crippen LogP contribution is -2.40. The van der Waals surface area contributed by atoms with Gasteiger partial charge in [0.2, 0.25) is 10.0 Å². The van der Waals surface area contributed by atoms with E-state index < -0.39 is 33.5 Å². The number of non-ortho nitro benzene ring substituents is 1. The monoisotopic (exact) mass is 572 g/mol. The Labute approximate surface area is 232 Å². The average Bonchev–Trinajstić information content (AvgIpc) is 3.47. The summed E-state index contributed by atoms with van der Waals surface area (Å²) in [5, 5.41) is 24.0. The molecule has 0 saturated carbocycles. The van der Waals surface area contributed by atoms with Crippen molar-refractivity contribution in [3.05, 3.63) is 93.0 Å². The molecule has 1 unspecified atom stereocenters. The van der Waals surface area contributed by atoms with Gasteiger partial charge in [-0.1, -0.05) is 29.8 Å². The molecule has 0 spiro atoms. The SMILES string of the molecule is CC(CO)N(Cc1ccccc1NC(=O)c1ccc(N2CCCC2)cc1Cl)S(=O)(=O)c1ccc([N+](=O)[O-])cc1. The molecule has 0 bridgehead atoms. The number of nitro benzene ring substituents is 1. The average molecular weight is 573 g/mol. The lowest BCUT2D eigenvalue weighted by atomic mass is 10.1. The summed E-state index contributed by atoms with van der Waals surface area (Å²) >= 11 is 6.47. The van der Waals surface area contributed by atoms with Crippen molar-refractivity contribution in [3.8, 4) is 0 Å². The summed E-state index contributed by atoms with van der Waals surface area (Å²) in [5.41, 5.74) is 1.88. The van der Waals surface area contributed by atoms with Gasteiger partial charge in [0.25, 0.3) is 11.6 Å². The number of para-hydroxylation sites is 1. The molecule has 39 heavy (non-hydrogen) atoms. The van der Waals surface area contributed by atoms with Crippen molar-refractivity contribution in [2.24, 2.45) is 0 Å². The van der Waals surface area contributed by atoms with Crippen LogP contribution in [0.1, 0.15) is 35.7 Å². The summed E-state index contributed by atoms with van der Waals surface area (Å²) in [6, 6.07) is 15.8. The van der Waals surface area contributed by atoms with E-state index >= 15 is 0 Å². The molecule has 10 nitrogen and oxygen atoms in total. The van der Waals surface area contributed by atoms with E-state index in [4.69, 9.17) is 11.6 Å². The number of rotatable bonds is 10. The van der Waals surface area contributed by atoms with Crippen LogP contribution in [0.3, 0.4) is 0 Å². The Balaban J connectivity index is 1.58. The van der Waals surface area contributed by atoms with E-state index in [1.807, 2.05) is 6.07 Å². The molecular formula is C27H29ClN4O6S. The minimum Gasteiger partial charge on any atom is -0.395 e. The van der Waals surface area contributed by atoms with Crippen molar-refractivity contribution in [2.45, 2.75) is 37.2 Å². The van der Waals surface area contributed by atoms with Gasteiger partial charge in [0.1, 0.15) is 0 Å². The van der Waals surface area contributed by atoms with E-state index in [1.54, 1.807) is 43.3 Å². The van der Waals surface area contributed by atoms with Crippen molar-refractivity contribution in [1.29, 1.82) is 0 Å². The number of carbonyl (C=O) groups excluding carboxylic acids is 1. The highest BCUT2D eigenvalue weighted by Gasteiger charge is 2.30. The Hall–Kier alpha value is -3.51.